The summed E-state index contributed by atoms with van der Waals surface area (Å²) in [6.45, 7) is 4.03. The molecular weight excluding hydrogens is 332 g/mol. The zero-order valence-corrected chi connectivity index (χ0v) is 15.0. The number of carbonyl (C=O) groups excluding carboxylic acids is 2. The Morgan fingerprint density at radius 3 is 2.65 bits per heavy atom. The van der Waals surface area contributed by atoms with Crippen molar-refractivity contribution < 1.29 is 19.8 Å². The monoisotopic (exact) mass is 360 g/mol. The standard InChI is InChI=1S/C20H28N2O4/c1-2-7-16(12-19(25)22-11-6-10-17(22)13-23)20(26)21-18(14-24)15-8-4-3-5-9-15/h2-5,8-9,16-18,23-24H,1,6-7,10-14H2,(H,21,26)/t16-,17-,18+/m0/s1. The van der Waals surface area contributed by atoms with Crippen LogP contribution < -0.4 is 5.32 Å². The quantitative estimate of drug-likeness (QED) is 0.581. The summed E-state index contributed by atoms with van der Waals surface area (Å²) in [6, 6.07) is 8.57. The van der Waals surface area contributed by atoms with Gasteiger partial charge in [0.15, 0.2) is 0 Å². The summed E-state index contributed by atoms with van der Waals surface area (Å²) in [5.74, 6) is -0.942. The van der Waals surface area contributed by atoms with E-state index in [9.17, 15) is 19.8 Å². The summed E-state index contributed by atoms with van der Waals surface area (Å²) in [4.78, 5) is 26.9. The number of allylic oxidation sites excluding steroid dienone is 1. The first kappa shape index (κ1) is 20.1. The molecule has 2 rings (SSSR count). The minimum Gasteiger partial charge on any atom is -0.394 e. The van der Waals surface area contributed by atoms with Crippen LogP contribution in [-0.4, -0.2) is 52.7 Å². The third-order valence-electron chi connectivity index (χ3n) is 4.85. The molecule has 26 heavy (non-hydrogen) atoms. The molecule has 142 valence electrons. The van der Waals surface area contributed by atoms with Gasteiger partial charge >= 0.3 is 0 Å². The molecular formula is C20H28N2O4. The van der Waals surface area contributed by atoms with Crippen molar-refractivity contribution in [3.63, 3.8) is 0 Å². The smallest absolute Gasteiger partial charge is 0.224 e. The summed E-state index contributed by atoms with van der Waals surface area (Å²) in [6.07, 6.45) is 3.74. The lowest BCUT2D eigenvalue weighted by atomic mass is 9.98. The third-order valence-corrected chi connectivity index (χ3v) is 4.85. The Labute approximate surface area is 154 Å². The van der Waals surface area contributed by atoms with E-state index in [4.69, 9.17) is 0 Å². The molecule has 1 saturated heterocycles. The maximum absolute atomic E-state index is 12.7. The molecule has 3 N–H and O–H groups in total. The molecule has 0 spiro atoms. The van der Waals surface area contributed by atoms with Crippen LogP contribution in [0.2, 0.25) is 0 Å². The van der Waals surface area contributed by atoms with Gasteiger partial charge in [-0.2, -0.15) is 0 Å². The van der Waals surface area contributed by atoms with Crippen LogP contribution in [0.5, 0.6) is 0 Å². The second kappa shape index (κ2) is 10.1. The number of likely N-dealkylation sites (tertiary alicyclic amines) is 1. The summed E-state index contributed by atoms with van der Waals surface area (Å²) >= 11 is 0. The fourth-order valence-corrected chi connectivity index (χ4v) is 3.38. The van der Waals surface area contributed by atoms with Gasteiger partial charge in [-0.1, -0.05) is 36.4 Å². The summed E-state index contributed by atoms with van der Waals surface area (Å²) in [5.41, 5.74) is 0.812. The first-order chi connectivity index (χ1) is 12.6. The van der Waals surface area contributed by atoms with Crippen LogP contribution in [0.1, 0.15) is 37.3 Å². The van der Waals surface area contributed by atoms with Crippen LogP contribution in [0.15, 0.2) is 43.0 Å². The van der Waals surface area contributed by atoms with Crippen LogP contribution in [0, 0.1) is 5.92 Å². The lowest BCUT2D eigenvalue weighted by Gasteiger charge is -2.26. The van der Waals surface area contributed by atoms with E-state index in [0.717, 1.165) is 18.4 Å². The Hall–Kier alpha value is -2.18. The molecule has 1 fully saturated rings. The number of amides is 2. The molecule has 1 aliphatic heterocycles. The van der Waals surface area contributed by atoms with E-state index < -0.39 is 12.0 Å². The highest BCUT2D eigenvalue weighted by Gasteiger charge is 2.31. The first-order valence-electron chi connectivity index (χ1n) is 9.08. The zero-order chi connectivity index (χ0) is 18.9. The van der Waals surface area contributed by atoms with Crippen molar-refractivity contribution in [2.24, 2.45) is 5.92 Å². The fourth-order valence-electron chi connectivity index (χ4n) is 3.38. The van der Waals surface area contributed by atoms with E-state index in [1.807, 2.05) is 30.3 Å². The topological polar surface area (TPSA) is 89.9 Å². The van der Waals surface area contributed by atoms with Gasteiger partial charge in [-0.15, -0.1) is 6.58 Å². The van der Waals surface area contributed by atoms with Gasteiger partial charge in [0, 0.05) is 13.0 Å². The number of aliphatic hydroxyl groups excluding tert-OH is 2. The summed E-state index contributed by atoms with van der Waals surface area (Å²) < 4.78 is 0. The molecule has 1 aromatic carbocycles. The highest BCUT2D eigenvalue weighted by Crippen LogP contribution is 2.21. The van der Waals surface area contributed by atoms with Crippen molar-refractivity contribution >= 4 is 11.8 Å². The highest BCUT2D eigenvalue weighted by atomic mass is 16.3. The number of nitrogens with one attached hydrogen (secondary N) is 1. The molecule has 1 aliphatic rings. The van der Waals surface area contributed by atoms with E-state index in [0.29, 0.717) is 13.0 Å². The van der Waals surface area contributed by atoms with Crippen molar-refractivity contribution in [2.45, 2.75) is 37.8 Å². The lowest BCUT2D eigenvalue weighted by Crippen LogP contribution is -2.41. The van der Waals surface area contributed by atoms with E-state index in [-0.39, 0.29) is 37.5 Å². The number of hydrogen-bond acceptors (Lipinski definition) is 4. The average molecular weight is 360 g/mol. The van der Waals surface area contributed by atoms with Crippen molar-refractivity contribution in [1.82, 2.24) is 10.2 Å². The first-order valence-corrected chi connectivity index (χ1v) is 9.08. The molecule has 1 aromatic rings. The fraction of sp³-hybridized carbons (Fsp3) is 0.500. The van der Waals surface area contributed by atoms with Gasteiger partial charge in [-0.3, -0.25) is 9.59 Å². The van der Waals surface area contributed by atoms with Crippen molar-refractivity contribution in [3.8, 4) is 0 Å². The third kappa shape index (κ3) is 5.16. The van der Waals surface area contributed by atoms with Crippen LogP contribution in [0.4, 0.5) is 0 Å². The number of carbonyl (C=O) groups is 2. The predicted molar refractivity (Wildman–Crippen MR) is 99.2 cm³/mol. The lowest BCUT2D eigenvalue weighted by molar-refractivity contribution is -0.137. The van der Waals surface area contributed by atoms with Crippen molar-refractivity contribution in [1.29, 1.82) is 0 Å². The second-order valence-corrected chi connectivity index (χ2v) is 6.65. The molecule has 6 heteroatoms. The minimum atomic E-state index is -0.544. The molecule has 0 radical (unpaired) electrons. The van der Waals surface area contributed by atoms with Gasteiger partial charge in [0.05, 0.1) is 31.2 Å². The Morgan fingerprint density at radius 2 is 2.04 bits per heavy atom. The maximum Gasteiger partial charge on any atom is 0.224 e. The predicted octanol–water partition coefficient (Wildman–Crippen LogP) is 1.40. The zero-order valence-electron chi connectivity index (χ0n) is 15.0. The van der Waals surface area contributed by atoms with Gasteiger partial charge in [0.2, 0.25) is 11.8 Å². The normalized spacial score (nSPS) is 19.0. The van der Waals surface area contributed by atoms with Gasteiger partial charge in [0.1, 0.15) is 0 Å². The summed E-state index contributed by atoms with van der Waals surface area (Å²) in [7, 11) is 0. The van der Waals surface area contributed by atoms with E-state index in [1.54, 1.807) is 11.0 Å². The van der Waals surface area contributed by atoms with Crippen LogP contribution in [0.25, 0.3) is 0 Å². The summed E-state index contributed by atoms with van der Waals surface area (Å²) in [5, 5.41) is 21.8. The number of aliphatic hydroxyl groups is 2. The number of benzene rings is 1. The van der Waals surface area contributed by atoms with Crippen LogP contribution in [0.3, 0.4) is 0 Å². The van der Waals surface area contributed by atoms with Crippen LogP contribution >= 0.6 is 0 Å². The Bertz CT molecular complexity index is 605. The maximum atomic E-state index is 12.7. The molecule has 0 aliphatic carbocycles. The molecule has 0 bridgehead atoms. The molecule has 6 nitrogen and oxygen atoms in total. The Balaban J connectivity index is 2.02. The van der Waals surface area contributed by atoms with Gasteiger partial charge < -0.3 is 20.4 Å². The van der Waals surface area contributed by atoms with E-state index in [1.165, 1.54) is 0 Å². The second-order valence-electron chi connectivity index (χ2n) is 6.65. The average Bonchev–Trinajstić information content (AvgIpc) is 3.15. The minimum absolute atomic E-state index is 0.0509. The number of hydrogen-bond donors (Lipinski definition) is 3. The Kier molecular flexibility index (Phi) is 7.81. The molecule has 0 aromatic heterocycles. The van der Waals surface area contributed by atoms with Crippen molar-refractivity contribution in [2.75, 3.05) is 19.8 Å². The number of rotatable bonds is 9. The van der Waals surface area contributed by atoms with Crippen molar-refractivity contribution in [3.05, 3.63) is 48.6 Å². The highest BCUT2D eigenvalue weighted by molar-refractivity contribution is 5.86. The van der Waals surface area contributed by atoms with Gasteiger partial charge in [0.25, 0.3) is 0 Å². The SMILES string of the molecule is C=CC[C@@H](CC(=O)N1CCC[C@H]1CO)C(=O)N[C@H](CO)c1ccccc1. The molecule has 1 heterocycles. The van der Waals surface area contributed by atoms with E-state index in [2.05, 4.69) is 11.9 Å². The van der Waals surface area contributed by atoms with E-state index >= 15 is 0 Å². The molecule has 0 saturated carbocycles. The van der Waals surface area contributed by atoms with Gasteiger partial charge in [-0.25, -0.2) is 0 Å². The largest absolute Gasteiger partial charge is 0.394 e. The molecule has 2 amide bonds. The Morgan fingerprint density at radius 1 is 1.31 bits per heavy atom. The number of nitrogens with zero attached hydrogens (tertiary/aromatic N) is 1. The van der Waals surface area contributed by atoms with Crippen LogP contribution in [-0.2, 0) is 9.59 Å². The van der Waals surface area contributed by atoms with Gasteiger partial charge in [-0.05, 0) is 24.8 Å². The molecule has 3 atom stereocenters. The molecule has 0 unspecified atom stereocenters.